The molecule has 1 heterocycles. The predicted octanol–water partition coefficient (Wildman–Crippen LogP) is 3.27. The Kier molecular flexibility index (Phi) is 4.48. The van der Waals surface area contributed by atoms with Crippen LogP contribution in [0.15, 0.2) is 54.1 Å². The van der Waals surface area contributed by atoms with Gasteiger partial charge >= 0.3 is 6.03 Å². The molecular formula is C18H13IN2O3. The highest BCUT2D eigenvalue weighted by atomic mass is 127. The third-order valence-corrected chi connectivity index (χ3v) is 4.19. The quantitative estimate of drug-likeness (QED) is 0.450. The molecule has 2 aromatic carbocycles. The van der Waals surface area contributed by atoms with Gasteiger partial charge in [0.1, 0.15) is 5.57 Å². The Balaban J connectivity index is 2.03. The van der Waals surface area contributed by atoms with Gasteiger partial charge in [-0.05, 0) is 71.0 Å². The number of hydrogen-bond acceptors (Lipinski definition) is 3. The molecule has 2 aromatic rings. The van der Waals surface area contributed by atoms with Gasteiger partial charge in [0.05, 0.1) is 5.69 Å². The largest absolute Gasteiger partial charge is 0.335 e. The van der Waals surface area contributed by atoms with Crippen LogP contribution in [-0.2, 0) is 9.59 Å². The van der Waals surface area contributed by atoms with Crippen LogP contribution in [0.4, 0.5) is 10.5 Å². The summed E-state index contributed by atoms with van der Waals surface area (Å²) < 4.78 is 0.984. The molecule has 0 unspecified atom stereocenters. The van der Waals surface area contributed by atoms with Gasteiger partial charge in [-0.1, -0.05) is 24.3 Å². The van der Waals surface area contributed by atoms with Crippen molar-refractivity contribution in [1.82, 2.24) is 5.32 Å². The van der Waals surface area contributed by atoms with Crippen LogP contribution in [0.3, 0.4) is 0 Å². The number of carbonyl (C=O) groups excluding carboxylic acids is 3. The molecular weight excluding hydrogens is 419 g/mol. The second-order valence-electron chi connectivity index (χ2n) is 5.35. The molecule has 0 aromatic heterocycles. The molecule has 0 radical (unpaired) electrons. The molecule has 1 aliphatic rings. The van der Waals surface area contributed by atoms with Gasteiger partial charge in [0.25, 0.3) is 11.8 Å². The zero-order valence-electron chi connectivity index (χ0n) is 12.7. The number of imide groups is 2. The summed E-state index contributed by atoms with van der Waals surface area (Å²) in [5.74, 6) is -1.32. The van der Waals surface area contributed by atoms with Crippen LogP contribution >= 0.6 is 22.6 Å². The van der Waals surface area contributed by atoms with E-state index in [-0.39, 0.29) is 5.57 Å². The number of barbiturate groups is 1. The zero-order chi connectivity index (χ0) is 17.3. The van der Waals surface area contributed by atoms with Crippen LogP contribution in [-0.4, -0.2) is 17.8 Å². The van der Waals surface area contributed by atoms with Crippen molar-refractivity contribution < 1.29 is 14.4 Å². The van der Waals surface area contributed by atoms with E-state index in [2.05, 4.69) is 27.9 Å². The lowest BCUT2D eigenvalue weighted by Crippen LogP contribution is -2.54. The molecule has 4 amide bonds. The fourth-order valence-electron chi connectivity index (χ4n) is 2.42. The van der Waals surface area contributed by atoms with Gasteiger partial charge in [0, 0.05) is 3.57 Å². The van der Waals surface area contributed by atoms with Crippen LogP contribution < -0.4 is 10.2 Å². The molecule has 120 valence electrons. The minimum absolute atomic E-state index is 0.0712. The summed E-state index contributed by atoms with van der Waals surface area (Å²) in [6.07, 6.45) is 1.50. The van der Waals surface area contributed by atoms with Crippen molar-refractivity contribution >= 4 is 52.2 Å². The number of benzene rings is 2. The number of nitrogens with zero attached hydrogens (tertiary/aromatic N) is 1. The maximum absolute atomic E-state index is 12.7. The second-order valence-corrected chi connectivity index (χ2v) is 6.60. The average Bonchev–Trinajstić information content (AvgIpc) is 2.51. The number of amides is 4. The summed E-state index contributed by atoms with van der Waals surface area (Å²) in [5.41, 5.74) is 1.99. The smallest absolute Gasteiger partial charge is 0.273 e. The number of halogens is 1. The first kappa shape index (κ1) is 16.4. The number of aryl methyl sites for hydroxylation is 1. The van der Waals surface area contributed by atoms with E-state index in [0.717, 1.165) is 19.6 Å². The van der Waals surface area contributed by atoms with Crippen molar-refractivity contribution in [2.45, 2.75) is 6.92 Å². The molecule has 0 spiro atoms. The number of urea groups is 1. The van der Waals surface area contributed by atoms with E-state index in [1.54, 1.807) is 24.3 Å². The maximum atomic E-state index is 12.7. The van der Waals surface area contributed by atoms with E-state index in [1.807, 2.05) is 31.2 Å². The highest BCUT2D eigenvalue weighted by Gasteiger charge is 2.36. The second kappa shape index (κ2) is 6.56. The molecule has 24 heavy (non-hydrogen) atoms. The standard InChI is InChI=1S/C18H13IN2O3/c1-11-4-2-7-14(8-11)21-17(23)15(16(22)20-18(21)24)10-12-5-3-6-13(19)9-12/h2-10H,1H3,(H,20,22,24)/b15-10+. The van der Waals surface area contributed by atoms with Gasteiger partial charge in [-0.3, -0.25) is 14.9 Å². The number of carbonyl (C=O) groups is 3. The SMILES string of the molecule is Cc1cccc(N2C(=O)NC(=O)/C(=C\c3cccc(I)c3)C2=O)c1. The highest BCUT2D eigenvalue weighted by Crippen LogP contribution is 2.23. The fourth-order valence-corrected chi connectivity index (χ4v) is 2.99. The van der Waals surface area contributed by atoms with Gasteiger partial charge in [-0.2, -0.15) is 0 Å². The topological polar surface area (TPSA) is 66.5 Å². The highest BCUT2D eigenvalue weighted by molar-refractivity contribution is 14.1. The Labute approximate surface area is 152 Å². The van der Waals surface area contributed by atoms with E-state index < -0.39 is 17.8 Å². The van der Waals surface area contributed by atoms with Gasteiger partial charge in [0.15, 0.2) is 0 Å². The molecule has 1 fully saturated rings. The lowest BCUT2D eigenvalue weighted by atomic mass is 10.1. The number of hydrogen-bond donors (Lipinski definition) is 1. The van der Waals surface area contributed by atoms with Crippen molar-refractivity contribution in [3.8, 4) is 0 Å². The minimum Gasteiger partial charge on any atom is -0.273 e. The van der Waals surface area contributed by atoms with Crippen molar-refractivity contribution in [2.75, 3.05) is 4.90 Å². The molecule has 1 N–H and O–H groups in total. The third kappa shape index (κ3) is 3.23. The number of nitrogens with one attached hydrogen (secondary N) is 1. The Morgan fingerprint density at radius 2 is 1.79 bits per heavy atom. The Morgan fingerprint density at radius 1 is 1.04 bits per heavy atom. The summed E-state index contributed by atoms with van der Waals surface area (Å²) in [4.78, 5) is 37.9. The fraction of sp³-hybridized carbons (Fsp3) is 0.0556. The first-order chi connectivity index (χ1) is 11.5. The number of anilines is 1. The molecule has 0 aliphatic carbocycles. The van der Waals surface area contributed by atoms with Gasteiger partial charge in [-0.25, -0.2) is 9.69 Å². The zero-order valence-corrected chi connectivity index (χ0v) is 14.9. The first-order valence-corrected chi connectivity index (χ1v) is 8.27. The minimum atomic E-state index is -0.740. The molecule has 0 saturated carbocycles. The Bertz CT molecular complexity index is 889. The van der Waals surface area contributed by atoms with Crippen LogP contribution in [0.1, 0.15) is 11.1 Å². The van der Waals surface area contributed by atoms with E-state index in [1.165, 1.54) is 6.08 Å². The third-order valence-electron chi connectivity index (χ3n) is 3.52. The van der Waals surface area contributed by atoms with Crippen LogP contribution in [0.2, 0.25) is 0 Å². The molecule has 5 nitrogen and oxygen atoms in total. The van der Waals surface area contributed by atoms with Crippen molar-refractivity contribution in [1.29, 1.82) is 0 Å². The predicted molar refractivity (Wildman–Crippen MR) is 99.3 cm³/mol. The first-order valence-electron chi connectivity index (χ1n) is 7.19. The van der Waals surface area contributed by atoms with Crippen LogP contribution in [0.5, 0.6) is 0 Å². The lowest BCUT2D eigenvalue weighted by molar-refractivity contribution is -0.122. The monoisotopic (exact) mass is 432 g/mol. The van der Waals surface area contributed by atoms with E-state index in [0.29, 0.717) is 5.69 Å². The molecule has 3 rings (SSSR count). The summed E-state index contributed by atoms with van der Waals surface area (Å²) in [5, 5.41) is 2.22. The summed E-state index contributed by atoms with van der Waals surface area (Å²) in [7, 11) is 0. The summed E-state index contributed by atoms with van der Waals surface area (Å²) >= 11 is 2.15. The molecule has 1 saturated heterocycles. The van der Waals surface area contributed by atoms with E-state index in [4.69, 9.17) is 0 Å². The number of rotatable bonds is 2. The van der Waals surface area contributed by atoms with Crippen molar-refractivity contribution in [2.24, 2.45) is 0 Å². The molecule has 0 atom stereocenters. The Hall–Kier alpha value is -2.48. The van der Waals surface area contributed by atoms with Gasteiger partial charge in [-0.15, -0.1) is 0 Å². The summed E-state index contributed by atoms with van der Waals surface area (Å²) in [6, 6.07) is 13.6. The Morgan fingerprint density at radius 3 is 2.50 bits per heavy atom. The lowest BCUT2D eigenvalue weighted by Gasteiger charge is -2.26. The normalized spacial score (nSPS) is 16.5. The van der Waals surface area contributed by atoms with E-state index >= 15 is 0 Å². The van der Waals surface area contributed by atoms with E-state index in [9.17, 15) is 14.4 Å². The molecule has 0 bridgehead atoms. The summed E-state index contributed by atoms with van der Waals surface area (Å²) in [6.45, 7) is 1.86. The van der Waals surface area contributed by atoms with Gasteiger partial charge < -0.3 is 0 Å². The van der Waals surface area contributed by atoms with Crippen molar-refractivity contribution in [3.63, 3.8) is 0 Å². The van der Waals surface area contributed by atoms with Gasteiger partial charge in [0.2, 0.25) is 0 Å². The van der Waals surface area contributed by atoms with Crippen molar-refractivity contribution in [3.05, 3.63) is 68.8 Å². The van der Waals surface area contributed by atoms with Crippen LogP contribution in [0, 0.1) is 10.5 Å². The van der Waals surface area contributed by atoms with Crippen LogP contribution in [0.25, 0.3) is 6.08 Å². The molecule has 1 aliphatic heterocycles. The molecule has 6 heteroatoms. The maximum Gasteiger partial charge on any atom is 0.335 e. The average molecular weight is 432 g/mol.